The number of hydrogen-bond donors (Lipinski definition) is 2. The lowest BCUT2D eigenvalue weighted by molar-refractivity contribution is -0.127. The SMILES string of the molecule is Nc1ccnc(N2CCC(N3CCC[C@@H](C(=O)NCCc4ccccc4)C3)CC2)n1. The molecule has 0 radical (unpaired) electrons. The van der Waals surface area contributed by atoms with Gasteiger partial charge >= 0.3 is 0 Å². The molecule has 0 aliphatic carbocycles. The lowest BCUT2D eigenvalue weighted by atomic mass is 9.93. The van der Waals surface area contributed by atoms with Crippen molar-refractivity contribution in [2.24, 2.45) is 5.92 Å². The molecule has 7 heteroatoms. The Bertz CT molecular complexity index is 821. The molecule has 0 bridgehead atoms. The van der Waals surface area contributed by atoms with Crippen molar-refractivity contribution in [1.82, 2.24) is 20.2 Å². The number of aromatic nitrogens is 2. The lowest BCUT2D eigenvalue weighted by Gasteiger charge is -2.42. The first kappa shape index (κ1) is 20.6. The Morgan fingerprint density at radius 3 is 2.67 bits per heavy atom. The van der Waals surface area contributed by atoms with Crippen LogP contribution in [0.2, 0.25) is 0 Å². The summed E-state index contributed by atoms with van der Waals surface area (Å²) in [6, 6.07) is 12.6. The van der Waals surface area contributed by atoms with Gasteiger partial charge in [-0.1, -0.05) is 30.3 Å². The number of likely N-dealkylation sites (tertiary alicyclic amines) is 1. The number of anilines is 2. The van der Waals surface area contributed by atoms with E-state index in [1.807, 2.05) is 18.2 Å². The first-order chi connectivity index (χ1) is 14.7. The minimum atomic E-state index is 0.102. The summed E-state index contributed by atoms with van der Waals surface area (Å²) in [6.07, 6.45) is 6.82. The van der Waals surface area contributed by atoms with Gasteiger partial charge in [0.05, 0.1) is 5.92 Å². The third-order valence-corrected chi connectivity index (χ3v) is 6.31. The van der Waals surface area contributed by atoms with E-state index in [0.717, 1.165) is 64.2 Å². The Labute approximate surface area is 178 Å². The molecular weight excluding hydrogens is 376 g/mol. The average molecular weight is 409 g/mol. The predicted octanol–water partition coefficient (Wildman–Crippen LogP) is 2.10. The van der Waals surface area contributed by atoms with E-state index in [9.17, 15) is 4.79 Å². The molecule has 1 amide bonds. The van der Waals surface area contributed by atoms with Crippen molar-refractivity contribution in [2.45, 2.75) is 38.1 Å². The van der Waals surface area contributed by atoms with Crippen LogP contribution >= 0.6 is 0 Å². The molecule has 2 aromatic rings. The zero-order chi connectivity index (χ0) is 20.8. The largest absolute Gasteiger partial charge is 0.384 e. The summed E-state index contributed by atoms with van der Waals surface area (Å²) in [5, 5.41) is 3.16. The van der Waals surface area contributed by atoms with E-state index in [4.69, 9.17) is 5.73 Å². The maximum absolute atomic E-state index is 12.7. The van der Waals surface area contributed by atoms with Gasteiger partial charge in [-0.3, -0.25) is 9.69 Å². The van der Waals surface area contributed by atoms with Gasteiger partial charge in [-0.2, -0.15) is 4.98 Å². The number of nitrogens with one attached hydrogen (secondary N) is 1. The fourth-order valence-electron chi connectivity index (χ4n) is 4.62. The average Bonchev–Trinajstić information content (AvgIpc) is 2.80. The highest BCUT2D eigenvalue weighted by Crippen LogP contribution is 2.25. The van der Waals surface area contributed by atoms with Crippen molar-refractivity contribution in [3.63, 3.8) is 0 Å². The van der Waals surface area contributed by atoms with Crippen LogP contribution < -0.4 is 16.0 Å². The van der Waals surface area contributed by atoms with E-state index in [2.05, 4.69) is 37.2 Å². The maximum Gasteiger partial charge on any atom is 0.227 e. The van der Waals surface area contributed by atoms with Crippen molar-refractivity contribution in [1.29, 1.82) is 0 Å². The summed E-state index contributed by atoms with van der Waals surface area (Å²) >= 11 is 0. The van der Waals surface area contributed by atoms with Gasteiger partial charge in [-0.05, 0) is 50.3 Å². The molecule has 7 nitrogen and oxygen atoms in total. The van der Waals surface area contributed by atoms with Crippen molar-refractivity contribution >= 4 is 17.7 Å². The molecule has 1 aromatic carbocycles. The highest BCUT2D eigenvalue weighted by atomic mass is 16.1. The van der Waals surface area contributed by atoms with Gasteiger partial charge in [0.15, 0.2) is 0 Å². The van der Waals surface area contributed by atoms with E-state index in [-0.39, 0.29) is 11.8 Å². The number of rotatable bonds is 6. The van der Waals surface area contributed by atoms with Crippen molar-refractivity contribution in [3.05, 3.63) is 48.2 Å². The summed E-state index contributed by atoms with van der Waals surface area (Å²) < 4.78 is 0. The van der Waals surface area contributed by atoms with Crippen LogP contribution in [0.25, 0.3) is 0 Å². The standard InChI is InChI=1S/C23H32N6O/c24-21-9-13-26-23(27-21)28-15-10-20(11-16-28)29-14-4-7-19(17-29)22(30)25-12-8-18-5-2-1-3-6-18/h1-3,5-6,9,13,19-20H,4,7-8,10-12,14-17H2,(H,25,30)(H2,24,26,27)/t19-/m1/s1. The number of benzene rings is 1. The second-order valence-electron chi connectivity index (χ2n) is 8.36. The van der Waals surface area contributed by atoms with Gasteiger partial charge in [-0.15, -0.1) is 0 Å². The number of nitrogen functional groups attached to an aromatic ring is 1. The van der Waals surface area contributed by atoms with E-state index in [0.29, 0.717) is 18.4 Å². The van der Waals surface area contributed by atoms with Crippen LogP contribution in [0.4, 0.5) is 11.8 Å². The number of nitrogens with two attached hydrogens (primary N) is 1. The van der Waals surface area contributed by atoms with Crippen LogP contribution in [0.5, 0.6) is 0 Å². The molecule has 3 N–H and O–H groups in total. The fourth-order valence-corrected chi connectivity index (χ4v) is 4.62. The van der Waals surface area contributed by atoms with Gasteiger partial charge in [-0.25, -0.2) is 4.98 Å². The molecule has 0 saturated carbocycles. The summed E-state index contributed by atoms with van der Waals surface area (Å²) in [4.78, 5) is 26.2. The first-order valence-electron chi connectivity index (χ1n) is 11.1. The fraction of sp³-hybridized carbons (Fsp3) is 0.522. The molecule has 2 aliphatic rings. The van der Waals surface area contributed by atoms with E-state index < -0.39 is 0 Å². The molecule has 2 fully saturated rings. The number of amides is 1. The van der Waals surface area contributed by atoms with Crippen LogP contribution in [0, 0.1) is 5.92 Å². The predicted molar refractivity (Wildman–Crippen MR) is 119 cm³/mol. The highest BCUT2D eigenvalue weighted by Gasteiger charge is 2.32. The van der Waals surface area contributed by atoms with E-state index >= 15 is 0 Å². The Hall–Kier alpha value is -2.67. The third kappa shape index (κ3) is 5.27. The van der Waals surface area contributed by atoms with Gasteiger partial charge in [0.2, 0.25) is 11.9 Å². The van der Waals surface area contributed by atoms with Gasteiger partial charge in [0.25, 0.3) is 0 Å². The van der Waals surface area contributed by atoms with Crippen LogP contribution in [0.15, 0.2) is 42.6 Å². The third-order valence-electron chi connectivity index (χ3n) is 6.31. The molecule has 30 heavy (non-hydrogen) atoms. The minimum absolute atomic E-state index is 0.102. The summed E-state index contributed by atoms with van der Waals surface area (Å²) in [5.41, 5.74) is 7.06. The quantitative estimate of drug-likeness (QED) is 0.761. The molecule has 4 rings (SSSR count). The van der Waals surface area contributed by atoms with Crippen molar-refractivity contribution in [2.75, 3.05) is 43.4 Å². The summed E-state index contributed by atoms with van der Waals surface area (Å²) in [7, 11) is 0. The maximum atomic E-state index is 12.7. The van der Waals surface area contributed by atoms with Crippen LogP contribution in [-0.4, -0.2) is 59.5 Å². The number of nitrogens with zero attached hydrogens (tertiary/aromatic N) is 4. The monoisotopic (exact) mass is 408 g/mol. The zero-order valence-electron chi connectivity index (χ0n) is 17.5. The molecular formula is C23H32N6O. The highest BCUT2D eigenvalue weighted by molar-refractivity contribution is 5.79. The Balaban J connectivity index is 1.23. The van der Waals surface area contributed by atoms with Crippen molar-refractivity contribution < 1.29 is 4.79 Å². The van der Waals surface area contributed by atoms with Gasteiger partial charge in [0, 0.05) is 38.4 Å². The number of hydrogen-bond acceptors (Lipinski definition) is 6. The molecule has 1 atom stereocenters. The Kier molecular flexibility index (Phi) is 6.79. The minimum Gasteiger partial charge on any atom is -0.384 e. The van der Waals surface area contributed by atoms with E-state index in [1.54, 1.807) is 12.3 Å². The Morgan fingerprint density at radius 2 is 1.90 bits per heavy atom. The molecule has 0 unspecified atom stereocenters. The second-order valence-corrected chi connectivity index (χ2v) is 8.36. The molecule has 0 spiro atoms. The molecule has 2 saturated heterocycles. The summed E-state index contributed by atoms with van der Waals surface area (Å²) in [5.74, 6) is 1.55. The van der Waals surface area contributed by atoms with Crippen molar-refractivity contribution in [3.8, 4) is 0 Å². The van der Waals surface area contributed by atoms with Gasteiger partial charge < -0.3 is 16.0 Å². The molecule has 3 heterocycles. The molecule has 1 aromatic heterocycles. The Morgan fingerprint density at radius 1 is 1.10 bits per heavy atom. The second kappa shape index (κ2) is 9.89. The van der Waals surface area contributed by atoms with Crippen LogP contribution in [0.3, 0.4) is 0 Å². The normalized spacial score (nSPS) is 20.8. The lowest BCUT2D eigenvalue weighted by Crippen LogP contribution is -2.51. The van der Waals surface area contributed by atoms with E-state index in [1.165, 1.54) is 5.56 Å². The molecule has 160 valence electrons. The first-order valence-corrected chi connectivity index (χ1v) is 11.1. The topological polar surface area (TPSA) is 87.4 Å². The zero-order valence-corrected chi connectivity index (χ0v) is 17.5. The smallest absolute Gasteiger partial charge is 0.227 e. The van der Waals surface area contributed by atoms with Crippen LogP contribution in [0.1, 0.15) is 31.2 Å². The summed E-state index contributed by atoms with van der Waals surface area (Å²) in [6.45, 7) is 4.53. The number of carbonyl (C=O) groups is 1. The number of carbonyl (C=O) groups excluding carboxylic acids is 1. The van der Waals surface area contributed by atoms with Gasteiger partial charge in [0.1, 0.15) is 5.82 Å². The van der Waals surface area contributed by atoms with Crippen LogP contribution in [-0.2, 0) is 11.2 Å². The molecule has 2 aliphatic heterocycles. The number of piperidine rings is 2.